The fraction of sp³-hybridized carbons (Fsp3) is 0.267. The second kappa shape index (κ2) is 6.52. The lowest BCUT2D eigenvalue weighted by Gasteiger charge is -2.02. The molecule has 1 N–H and O–H groups in total. The highest BCUT2D eigenvalue weighted by Gasteiger charge is 2.15. The predicted octanol–water partition coefficient (Wildman–Crippen LogP) is 3.67. The number of alkyl halides is 2. The van der Waals surface area contributed by atoms with E-state index in [9.17, 15) is 13.6 Å². The van der Waals surface area contributed by atoms with Gasteiger partial charge in [-0.25, -0.2) is 4.98 Å². The Morgan fingerprint density at radius 1 is 1.46 bits per heavy atom. The Balaban J connectivity index is 1.81. The van der Waals surface area contributed by atoms with Gasteiger partial charge in [-0.05, 0) is 32.0 Å². The summed E-state index contributed by atoms with van der Waals surface area (Å²) in [7, 11) is 0. The lowest BCUT2D eigenvalue weighted by atomic mass is 10.2. The van der Waals surface area contributed by atoms with E-state index < -0.39 is 6.61 Å². The molecular weight excluding hydrogens is 338 g/mol. The second-order valence-corrected chi connectivity index (χ2v) is 6.00. The van der Waals surface area contributed by atoms with Crippen LogP contribution in [0.15, 0.2) is 24.4 Å². The number of benzene rings is 1. The fourth-order valence-corrected chi connectivity index (χ4v) is 3.09. The average molecular weight is 352 g/mol. The molecule has 24 heavy (non-hydrogen) atoms. The highest BCUT2D eigenvalue weighted by atomic mass is 32.1. The Morgan fingerprint density at radius 2 is 2.25 bits per heavy atom. The maximum atomic E-state index is 12.3. The number of halogens is 2. The lowest BCUT2D eigenvalue weighted by Crippen LogP contribution is -2.12. The average Bonchev–Trinajstić information content (AvgIpc) is 3.08. The minimum absolute atomic E-state index is 0.0547. The summed E-state index contributed by atoms with van der Waals surface area (Å²) in [6.45, 7) is 1.48. The number of carbonyl (C=O) groups excluding carboxylic acids is 1. The van der Waals surface area contributed by atoms with Crippen molar-refractivity contribution in [3.63, 3.8) is 0 Å². The predicted molar refractivity (Wildman–Crippen MR) is 86.8 cm³/mol. The number of rotatable bonds is 5. The van der Waals surface area contributed by atoms with Gasteiger partial charge in [0, 0.05) is 12.7 Å². The van der Waals surface area contributed by atoms with Gasteiger partial charge in [0.1, 0.15) is 5.75 Å². The minimum Gasteiger partial charge on any atom is -0.435 e. The summed E-state index contributed by atoms with van der Waals surface area (Å²) < 4.78 is 31.2. The van der Waals surface area contributed by atoms with Gasteiger partial charge < -0.3 is 4.74 Å². The molecule has 0 unspecified atom stereocenters. The molecule has 126 valence electrons. The SMILES string of the molecule is CCn1cc(C(=O)Nc2nc3ccc(OC(F)F)cc3s2)c(C)n1. The molecular formula is C15H14F2N4O2S. The highest BCUT2D eigenvalue weighted by molar-refractivity contribution is 7.22. The lowest BCUT2D eigenvalue weighted by molar-refractivity contribution is -0.0497. The summed E-state index contributed by atoms with van der Waals surface area (Å²) in [5.41, 5.74) is 1.69. The van der Waals surface area contributed by atoms with E-state index in [0.29, 0.717) is 33.2 Å². The normalized spacial score (nSPS) is 11.2. The Morgan fingerprint density at radius 3 is 2.92 bits per heavy atom. The second-order valence-electron chi connectivity index (χ2n) is 4.97. The first-order valence-electron chi connectivity index (χ1n) is 7.17. The van der Waals surface area contributed by atoms with Crippen molar-refractivity contribution in [2.75, 3.05) is 5.32 Å². The van der Waals surface area contributed by atoms with Gasteiger partial charge in [0.05, 0.1) is 21.5 Å². The molecule has 0 saturated heterocycles. The molecule has 1 amide bonds. The van der Waals surface area contributed by atoms with E-state index in [-0.39, 0.29) is 11.7 Å². The number of thiazole rings is 1. The van der Waals surface area contributed by atoms with Crippen LogP contribution in [0.3, 0.4) is 0 Å². The van der Waals surface area contributed by atoms with Crippen LogP contribution in [0.2, 0.25) is 0 Å². The highest BCUT2D eigenvalue weighted by Crippen LogP contribution is 2.30. The molecule has 6 nitrogen and oxygen atoms in total. The maximum Gasteiger partial charge on any atom is 0.387 e. The molecule has 0 fully saturated rings. The van der Waals surface area contributed by atoms with Crippen LogP contribution in [-0.4, -0.2) is 27.3 Å². The van der Waals surface area contributed by atoms with Gasteiger partial charge in [-0.1, -0.05) is 11.3 Å². The summed E-state index contributed by atoms with van der Waals surface area (Å²) in [5, 5.41) is 7.32. The quantitative estimate of drug-likeness (QED) is 0.761. The van der Waals surface area contributed by atoms with Crippen LogP contribution in [0.5, 0.6) is 5.75 Å². The van der Waals surface area contributed by atoms with E-state index in [1.807, 2.05) is 6.92 Å². The summed E-state index contributed by atoms with van der Waals surface area (Å²) in [5.74, 6) is -0.255. The summed E-state index contributed by atoms with van der Waals surface area (Å²) in [4.78, 5) is 16.6. The van der Waals surface area contributed by atoms with Crippen LogP contribution in [0.1, 0.15) is 23.0 Å². The number of carbonyl (C=O) groups is 1. The van der Waals surface area contributed by atoms with Crippen LogP contribution < -0.4 is 10.1 Å². The Labute approximate surface area is 140 Å². The molecule has 0 spiro atoms. The van der Waals surface area contributed by atoms with E-state index in [0.717, 1.165) is 0 Å². The first-order valence-corrected chi connectivity index (χ1v) is 7.98. The smallest absolute Gasteiger partial charge is 0.387 e. The van der Waals surface area contributed by atoms with Crippen LogP contribution in [0.25, 0.3) is 10.2 Å². The van der Waals surface area contributed by atoms with Gasteiger partial charge in [0.25, 0.3) is 5.91 Å². The molecule has 0 saturated carbocycles. The zero-order chi connectivity index (χ0) is 17.3. The topological polar surface area (TPSA) is 69.0 Å². The van der Waals surface area contributed by atoms with Crippen molar-refractivity contribution in [2.45, 2.75) is 27.0 Å². The van der Waals surface area contributed by atoms with E-state index in [1.165, 1.54) is 23.5 Å². The Kier molecular flexibility index (Phi) is 4.43. The first kappa shape index (κ1) is 16.3. The third-order valence-electron chi connectivity index (χ3n) is 3.32. The molecule has 2 heterocycles. The van der Waals surface area contributed by atoms with E-state index in [2.05, 4.69) is 20.1 Å². The van der Waals surface area contributed by atoms with Crippen LogP contribution in [0.4, 0.5) is 13.9 Å². The number of nitrogens with one attached hydrogen (secondary N) is 1. The molecule has 2 aromatic heterocycles. The largest absolute Gasteiger partial charge is 0.435 e. The molecule has 0 atom stereocenters. The number of aromatic nitrogens is 3. The van der Waals surface area contributed by atoms with Crippen LogP contribution in [0, 0.1) is 6.92 Å². The fourth-order valence-electron chi connectivity index (χ4n) is 2.20. The van der Waals surface area contributed by atoms with Gasteiger partial charge in [-0.3, -0.25) is 14.8 Å². The molecule has 0 bridgehead atoms. The number of hydrogen-bond acceptors (Lipinski definition) is 5. The molecule has 3 aromatic rings. The van der Waals surface area contributed by atoms with Gasteiger partial charge in [-0.2, -0.15) is 13.9 Å². The first-order chi connectivity index (χ1) is 11.5. The van der Waals surface area contributed by atoms with Gasteiger partial charge in [0.2, 0.25) is 0 Å². The number of hydrogen-bond donors (Lipinski definition) is 1. The van der Waals surface area contributed by atoms with E-state index >= 15 is 0 Å². The van der Waals surface area contributed by atoms with Crippen molar-refractivity contribution >= 4 is 32.6 Å². The monoisotopic (exact) mass is 352 g/mol. The van der Waals surface area contributed by atoms with Gasteiger partial charge in [0.15, 0.2) is 5.13 Å². The standard InChI is InChI=1S/C15H14F2N4O2S/c1-3-21-7-10(8(2)20-21)13(22)19-15-18-11-5-4-9(23-14(16)17)6-12(11)24-15/h4-7,14H,3H2,1-2H3,(H,18,19,22). The van der Waals surface area contributed by atoms with Crippen molar-refractivity contribution in [3.05, 3.63) is 35.7 Å². The van der Waals surface area contributed by atoms with E-state index in [4.69, 9.17) is 0 Å². The molecule has 0 aliphatic heterocycles. The van der Waals surface area contributed by atoms with Crippen molar-refractivity contribution < 1.29 is 18.3 Å². The van der Waals surface area contributed by atoms with Crippen molar-refractivity contribution in [1.29, 1.82) is 0 Å². The number of fused-ring (bicyclic) bond motifs is 1. The third-order valence-corrected chi connectivity index (χ3v) is 4.25. The number of amides is 1. The zero-order valence-corrected chi connectivity index (χ0v) is 13.7. The van der Waals surface area contributed by atoms with Crippen molar-refractivity contribution in [3.8, 4) is 5.75 Å². The summed E-state index contributed by atoms with van der Waals surface area (Å²) in [6.07, 6.45) is 1.67. The number of nitrogens with zero attached hydrogens (tertiary/aromatic N) is 3. The molecule has 9 heteroatoms. The number of ether oxygens (including phenoxy) is 1. The van der Waals surface area contributed by atoms with Gasteiger partial charge in [-0.15, -0.1) is 0 Å². The molecule has 1 aromatic carbocycles. The molecule has 0 radical (unpaired) electrons. The summed E-state index contributed by atoms with van der Waals surface area (Å²) in [6, 6.07) is 4.45. The number of aryl methyl sites for hydroxylation is 2. The van der Waals surface area contributed by atoms with E-state index in [1.54, 1.807) is 23.9 Å². The van der Waals surface area contributed by atoms with Crippen molar-refractivity contribution in [2.24, 2.45) is 0 Å². The third kappa shape index (κ3) is 3.35. The van der Waals surface area contributed by atoms with Crippen LogP contribution in [-0.2, 0) is 6.54 Å². The van der Waals surface area contributed by atoms with Gasteiger partial charge >= 0.3 is 6.61 Å². The Hall–Kier alpha value is -2.55. The molecule has 3 rings (SSSR count). The molecule has 0 aliphatic rings. The van der Waals surface area contributed by atoms with Crippen LogP contribution >= 0.6 is 11.3 Å². The maximum absolute atomic E-state index is 12.3. The zero-order valence-electron chi connectivity index (χ0n) is 12.9. The minimum atomic E-state index is -2.88. The summed E-state index contributed by atoms with van der Waals surface area (Å²) >= 11 is 1.18. The van der Waals surface area contributed by atoms with Crippen molar-refractivity contribution in [1.82, 2.24) is 14.8 Å². The Bertz CT molecular complexity index is 891. The number of anilines is 1. The molecule has 0 aliphatic carbocycles.